The number of benzene rings is 2. The van der Waals surface area contributed by atoms with Gasteiger partial charge in [-0.15, -0.1) is 0 Å². The lowest BCUT2D eigenvalue weighted by molar-refractivity contribution is -0.132. The van der Waals surface area contributed by atoms with Crippen LogP contribution >= 0.6 is 11.3 Å². The number of hydrogen-bond acceptors (Lipinski definition) is 10. The smallest absolute Gasteiger partial charge is 0.350 e. The van der Waals surface area contributed by atoms with Gasteiger partial charge in [-0.05, 0) is 42.8 Å². The molecule has 11 heteroatoms. The number of aliphatic hydroxyl groups excluding tert-OH is 1. The van der Waals surface area contributed by atoms with Crippen molar-refractivity contribution in [2.45, 2.75) is 13.0 Å². The number of carbonyl (C=O) groups is 3. The largest absolute Gasteiger partial charge is 0.507 e. The second-order valence-electron chi connectivity index (χ2n) is 8.60. The molecule has 2 aliphatic heterocycles. The summed E-state index contributed by atoms with van der Waals surface area (Å²) in [7, 11) is 1.50. The maximum absolute atomic E-state index is 13.5. The molecule has 3 aromatic rings. The Bertz CT molecular complexity index is 1530. The number of fused-ring (bicyclic) bond motifs is 1. The number of amides is 1. The predicted octanol–water partition coefficient (Wildman–Crippen LogP) is 4.20. The Balaban J connectivity index is 1.66. The highest BCUT2D eigenvalue weighted by molar-refractivity contribution is 7.17. The number of thiazole rings is 1. The Labute approximate surface area is 227 Å². The number of hydrogen-bond donors (Lipinski definition) is 1. The van der Waals surface area contributed by atoms with Gasteiger partial charge in [-0.2, -0.15) is 0 Å². The summed E-state index contributed by atoms with van der Waals surface area (Å²) in [5.74, 6) is -1.41. The van der Waals surface area contributed by atoms with Crippen molar-refractivity contribution in [3.63, 3.8) is 0 Å². The molecule has 2 aromatic carbocycles. The molecule has 1 aromatic heterocycles. The molecule has 3 heterocycles. The van der Waals surface area contributed by atoms with Gasteiger partial charge in [-0.25, -0.2) is 9.78 Å². The van der Waals surface area contributed by atoms with Gasteiger partial charge in [-0.1, -0.05) is 36.1 Å². The Hall–Kier alpha value is -4.64. The van der Waals surface area contributed by atoms with E-state index in [0.29, 0.717) is 41.7 Å². The third-order valence-corrected chi connectivity index (χ3v) is 7.32. The fourth-order valence-electron chi connectivity index (χ4n) is 4.38. The van der Waals surface area contributed by atoms with E-state index in [-0.39, 0.29) is 33.5 Å². The summed E-state index contributed by atoms with van der Waals surface area (Å²) in [6.07, 6.45) is 1.44. The van der Waals surface area contributed by atoms with E-state index in [9.17, 15) is 19.5 Å². The highest BCUT2D eigenvalue weighted by atomic mass is 32.1. The van der Waals surface area contributed by atoms with E-state index in [1.807, 2.05) is 0 Å². The van der Waals surface area contributed by atoms with Gasteiger partial charge in [0.1, 0.15) is 36.2 Å². The highest BCUT2D eigenvalue weighted by Crippen LogP contribution is 2.45. The lowest BCUT2D eigenvalue weighted by Gasteiger charge is -2.23. The molecule has 0 radical (unpaired) electrons. The number of Topliss-reactive ketones (excluding diaryl/α,β-unsaturated/α-hetero) is 1. The van der Waals surface area contributed by atoms with Crippen molar-refractivity contribution in [3.05, 3.63) is 82.4 Å². The van der Waals surface area contributed by atoms with E-state index < -0.39 is 23.7 Å². The normalized spacial score (nSPS) is 17.7. The molecule has 0 saturated carbocycles. The van der Waals surface area contributed by atoms with Gasteiger partial charge >= 0.3 is 11.9 Å². The van der Waals surface area contributed by atoms with Crippen molar-refractivity contribution in [1.29, 1.82) is 0 Å². The summed E-state index contributed by atoms with van der Waals surface area (Å²) in [4.78, 5) is 45.3. The van der Waals surface area contributed by atoms with E-state index >= 15 is 0 Å². The number of ketones is 1. The molecule has 0 aliphatic carbocycles. The van der Waals surface area contributed by atoms with Gasteiger partial charge in [0.25, 0.3) is 5.78 Å². The zero-order chi connectivity index (χ0) is 27.7. The minimum Gasteiger partial charge on any atom is -0.507 e. The van der Waals surface area contributed by atoms with E-state index in [0.717, 1.165) is 11.3 Å². The van der Waals surface area contributed by atoms with Gasteiger partial charge in [0.05, 0.1) is 24.4 Å². The average molecular weight is 549 g/mol. The van der Waals surface area contributed by atoms with Crippen LogP contribution in [0.2, 0.25) is 0 Å². The third kappa shape index (κ3) is 4.72. The molecule has 1 fully saturated rings. The maximum Gasteiger partial charge on any atom is 0.350 e. The van der Waals surface area contributed by atoms with Gasteiger partial charge in [0.15, 0.2) is 16.6 Å². The molecule has 1 N–H and O–H groups in total. The molecule has 10 nitrogen and oxygen atoms in total. The average Bonchev–Trinajstić information content (AvgIpc) is 3.47. The first-order valence-electron chi connectivity index (χ1n) is 11.9. The Morgan fingerprint density at radius 1 is 1.21 bits per heavy atom. The number of nitrogens with zero attached hydrogens (tertiary/aromatic N) is 2. The molecule has 200 valence electrons. The van der Waals surface area contributed by atoms with Crippen LogP contribution in [0.3, 0.4) is 0 Å². The Kier molecular flexibility index (Phi) is 7.07. The topological polar surface area (TPSA) is 124 Å². The summed E-state index contributed by atoms with van der Waals surface area (Å²) in [5, 5.41) is 11.5. The number of methoxy groups -OCH3 is 1. The zero-order valence-electron chi connectivity index (χ0n) is 21.1. The molecule has 1 saturated heterocycles. The monoisotopic (exact) mass is 548 g/mol. The van der Waals surface area contributed by atoms with Crippen LogP contribution in [0.25, 0.3) is 5.76 Å². The number of aliphatic hydroxyl groups is 1. The van der Waals surface area contributed by atoms with Crippen molar-refractivity contribution in [2.75, 3.05) is 31.8 Å². The SMILES string of the molecule is C=CCOC(=O)c1sc(N2C(=O)C(=O)/C(=C(/O)c3ccc4c(c3)OCCO4)C2c2cccc(OC)c2)nc1C. The van der Waals surface area contributed by atoms with Crippen LogP contribution in [0, 0.1) is 6.92 Å². The summed E-state index contributed by atoms with van der Waals surface area (Å²) in [6.45, 7) is 5.89. The minimum absolute atomic E-state index is 0.00929. The minimum atomic E-state index is -1.06. The molecule has 2 aliphatic rings. The lowest BCUT2D eigenvalue weighted by Crippen LogP contribution is -2.29. The summed E-state index contributed by atoms with van der Waals surface area (Å²) in [5.41, 5.74) is 0.959. The molecule has 0 spiro atoms. The van der Waals surface area contributed by atoms with Gasteiger partial charge < -0.3 is 24.1 Å². The number of esters is 1. The van der Waals surface area contributed by atoms with E-state index in [2.05, 4.69) is 11.6 Å². The lowest BCUT2D eigenvalue weighted by atomic mass is 9.95. The number of aromatic nitrogens is 1. The summed E-state index contributed by atoms with van der Waals surface area (Å²) < 4.78 is 21.7. The van der Waals surface area contributed by atoms with Crippen LogP contribution in [0.5, 0.6) is 17.2 Å². The van der Waals surface area contributed by atoms with Crippen LogP contribution in [-0.2, 0) is 14.3 Å². The van der Waals surface area contributed by atoms with Crippen molar-refractivity contribution in [3.8, 4) is 17.2 Å². The van der Waals surface area contributed by atoms with Crippen LogP contribution in [0.15, 0.2) is 60.7 Å². The first-order valence-corrected chi connectivity index (χ1v) is 12.8. The molecule has 1 unspecified atom stereocenters. The number of anilines is 1. The second-order valence-corrected chi connectivity index (χ2v) is 9.58. The quantitative estimate of drug-likeness (QED) is 0.152. The molecular formula is C28H24N2O8S. The van der Waals surface area contributed by atoms with Crippen LogP contribution in [-0.4, -0.2) is 54.7 Å². The number of aryl methyl sites for hydroxylation is 1. The maximum atomic E-state index is 13.5. The Morgan fingerprint density at radius 3 is 2.72 bits per heavy atom. The van der Waals surface area contributed by atoms with Crippen LogP contribution in [0.4, 0.5) is 5.13 Å². The first-order chi connectivity index (χ1) is 18.8. The zero-order valence-corrected chi connectivity index (χ0v) is 21.9. The van der Waals surface area contributed by atoms with E-state index in [4.69, 9.17) is 18.9 Å². The van der Waals surface area contributed by atoms with Gasteiger partial charge in [0, 0.05) is 5.56 Å². The van der Waals surface area contributed by atoms with Crippen LogP contribution < -0.4 is 19.1 Å². The standard InChI is InChI=1S/C28H24N2O8S/c1-4-10-38-27(34)25-15(2)29-28(39-25)30-22(16-6-5-7-18(13-16)35-3)21(24(32)26(30)33)23(31)17-8-9-19-20(14-17)37-12-11-36-19/h4-9,13-14,22,31H,1,10-12H2,2-3H3/b23-21+. The fraction of sp³-hybridized carbons (Fsp3) is 0.214. The predicted molar refractivity (Wildman–Crippen MR) is 143 cm³/mol. The Morgan fingerprint density at radius 2 is 1.97 bits per heavy atom. The van der Waals surface area contributed by atoms with Crippen molar-refractivity contribution >= 4 is 39.9 Å². The first kappa shape index (κ1) is 26.0. The van der Waals surface area contributed by atoms with E-state index in [1.165, 1.54) is 18.1 Å². The number of rotatable bonds is 7. The van der Waals surface area contributed by atoms with Crippen molar-refractivity contribution in [1.82, 2.24) is 4.98 Å². The van der Waals surface area contributed by atoms with Crippen LogP contribution in [0.1, 0.15) is 32.5 Å². The highest BCUT2D eigenvalue weighted by Gasteiger charge is 2.48. The summed E-state index contributed by atoms with van der Waals surface area (Å²) in [6, 6.07) is 10.5. The van der Waals surface area contributed by atoms with E-state index in [1.54, 1.807) is 49.4 Å². The molecule has 1 atom stereocenters. The molecule has 1 amide bonds. The van der Waals surface area contributed by atoms with Gasteiger partial charge in [-0.3, -0.25) is 14.5 Å². The van der Waals surface area contributed by atoms with Gasteiger partial charge in [0.2, 0.25) is 0 Å². The summed E-state index contributed by atoms with van der Waals surface area (Å²) >= 11 is 0.919. The molecule has 39 heavy (non-hydrogen) atoms. The second kappa shape index (κ2) is 10.6. The number of ether oxygens (including phenoxy) is 4. The third-order valence-electron chi connectivity index (χ3n) is 6.18. The molecular weight excluding hydrogens is 524 g/mol. The fourth-order valence-corrected chi connectivity index (χ4v) is 5.37. The number of carbonyl (C=O) groups excluding carboxylic acids is 3. The molecule has 5 rings (SSSR count). The van der Waals surface area contributed by atoms with Crippen molar-refractivity contribution < 1.29 is 38.4 Å². The van der Waals surface area contributed by atoms with Crippen molar-refractivity contribution in [2.24, 2.45) is 0 Å². The molecule has 0 bridgehead atoms.